The summed E-state index contributed by atoms with van der Waals surface area (Å²) in [4.78, 5) is 0. The topological polar surface area (TPSA) is 75.4 Å². The van der Waals surface area contributed by atoms with E-state index < -0.39 is 10.2 Å². The molecule has 0 radical (unpaired) electrons. The maximum absolute atomic E-state index is 12.2. The largest absolute Gasteiger partial charge is 0.330 e. The molecule has 1 aromatic carbocycles. The lowest BCUT2D eigenvalue weighted by molar-refractivity contribution is 0.268. The molecule has 1 aromatic rings. The second-order valence-electron chi connectivity index (χ2n) is 5.06. The van der Waals surface area contributed by atoms with E-state index in [0.29, 0.717) is 24.7 Å². The van der Waals surface area contributed by atoms with Crippen molar-refractivity contribution in [2.45, 2.75) is 19.4 Å². The zero-order valence-corrected chi connectivity index (χ0v) is 12.8. The van der Waals surface area contributed by atoms with Gasteiger partial charge in [0, 0.05) is 24.7 Å². The Morgan fingerprint density at radius 2 is 2.25 bits per heavy atom. The summed E-state index contributed by atoms with van der Waals surface area (Å²) in [7, 11) is -3.45. The molecule has 1 fully saturated rings. The normalized spacial score (nSPS) is 21.0. The molecule has 1 aliphatic heterocycles. The number of nitrogens with two attached hydrogens (primary N) is 1. The SMILES string of the molecule is NCC1CCCN(S(=O)(=O)NCc2cccc(Cl)c2)C1. The number of benzene rings is 1. The molecule has 1 aliphatic rings. The quantitative estimate of drug-likeness (QED) is 0.860. The van der Waals surface area contributed by atoms with Crippen molar-refractivity contribution < 1.29 is 8.42 Å². The third-order valence-electron chi connectivity index (χ3n) is 3.50. The van der Waals surface area contributed by atoms with Crippen LogP contribution in [-0.4, -0.2) is 32.4 Å². The smallest absolute Gasteiger partial charge is 0.279 e. The highest BCUT2D eigenvalue weighted by Gasteiger charge is 2.27. The number of rotatable bonds is 5. The highest BCUT2D eigenvalue weighted by atomic mass is 35.5. The van der Waals surface area contributed by atoms with E-state index in [4.69, 9.17) is 17.3 Å². The van der Waals surface area contributed by atoms with E-state index in [0.717, 1.165) is 18.4 Å². The highest BCUT2D eigenvalue weighted by molar-refractivity contribution is 7.87. The van der Waals surface area contributed by atoms with Crippen LogP contribution in [0.3, 0.4) is 0 Å². The van der Waals surface area contributed by atoms with Gasteiger partial charge in [0.25, 0.3) is 10.2 Å². The first-order chi connectivity index (χ1) is 9.51. The summed E-state index contributed by atoms with van der Waals surface area (Å²) >= 11 is 5.88. The molecular formula is C13H20ClN3O2S. The molecule has 2 rings (SSSR count). The molecule has 20 heavy (non-hydrogen) atoms. The van der Waals surface area contributed by atoms with Crippen LogP contribution in [0.15, 0.2) is 24.3 Å². The molecule has 1 heterocycles. The second-order valence-corrected chi connectivity index (χ2v) is 7.25. The molecule has 0 saturated carbocycles. The minimum absolute atomic E-state index is 0.243. The monoisotopic (exact) mass is 317 g/mol. The van der Waals surface area contributed by atoms with Gasteiger partial charge in [-0.2, -0.15) is 17.4 Å². The highest BCUT2D eigenvalue weighted by Crippen LogP contribution is 2.18. The van der Waals surface area contributed by atoms with Crippen molar-refractivity contribution >= 4 is 21.8 Å². The number of hydrogen-bond donors (Lipinski definition) is 2. The summed E-state index contributed by atoms with van der Waals surface area (Å²) < 4.78 is 28.6. The molecule has 1 atom stereocenters. The first-order valence-electron chi connectivity index (χ1n) is 6.70. The van der Waals surface area contributed by atoms with Gasteiger partial charge in [-0.25, -0.2) is 0 Å². The Morgan fingerprint density at radius 1 is 1.45 bits per heavy atom. The molecule has 1 unspecified atom stereocenters. The van der Waals surface area contributed by atoms with Crippen LogP contribution in [0.2, 0.25) is 5.02 Å². The summed E-state index contributed by atoms with van der Waals surface area (Å²) in [5.74, 6) is 0.256. The predicted octanol–water partition coefficient (Wildman–Crippen LogP) is 1.35. The Balaban J connectivity index is 1.97. The van der Waals surface area contributed by atoms with Gasteiger partial charge in [-0.3, -0.25) is 0 Å². The van der Waals surface area contributed by atoms with Crippen molar-refractivity contribution in [1.82, 2.24) is 9.03 Å². The molecule has 3 N–H and O–H groups in total. The van der Waals surface area contributed by atoms with Gasteiger partial charge in [0.15, 0.2) is 0 Å². The fourth-order valence-electron chi connectivity index (χ4n) is 2.35. The van der Waals surface area contributed by atoms with E-state index in [2.05, 4.69) is 4.72 Å². The van der Waals surface area contributed by atoms with Crippen molar-refractivity contribution in [3.8, 4) is 0 Å². The van der Waals surface area contributed by atoms with Crippen LogP contribution in [0.25, 0.3) is 0 Å². The standard InChI is InChI=1S/C13H20ClN3O2S/c14-13-5-1-3-11(7-13)9-16-20(18,19)17-6-2-4-12(8-15)10-17/h1,3,5,7,12,16H,2,4,6,8-10,15H2. The number of nitrogens with one attached hydrogen (secondary N) is 1. The molecular weight excluding hydrogens is 298 g/mol. The number of hydrogen-bond acceptors (Lipinski definition) is 3. The summed E-state index contributed by atoms with van der Waals surface area (Å²) in [5, 5.41) is 0.600. The lowest BCUT2D eigenvalue weighted by atomic mass is 10.0. The van der Waals surface area contributed by atoms with Gasteiger partial charge in [0.05, 0.1) is 0 Å². The number of halogens is 1. The molecule has 0 amide bonds. The number of piperidine rings is 1. The van der Waals surface area contributed by atoms with Crippen molar-refractivity contribution in [3.63, 3.8) is 0 Å². The van der Waals surface area contributed by atoms with E-state index in [9.17, 15) is 8.42 Å². The third kappa shape index (κ3) is 4.17. The third-order valence-corrected chi connectivity index (χ3v) is 5.26. The van der Waals surface area contributed by atoms with Crippen LogP contribution >= 0.6 is 11.6 Å². The summed E-state index contributed by atoms with van der Waals surface area (Å²) in [6, 6.07) is 7.16. The lowest BCUT2D eigenvalue weighted by Gasteiger charge is -2.31. The Bertz CT molecular complexity index is 550. The Kier molecular flexibility index (Phi) is 5.40. The van der Waals surface area contributed by atoms with Crippen LogP contribution in [0.1, 0.15) is 18.4 Å². The van der Waals surface area contributed by atoms with E-state index in [1.165, 1.54) is 4.31 Å². The molecule has 1 saturated heterocycles. The van der Waals surface area contributed by atoms with Gasteiger partial charge in [0.1, 0.15) is 0 Å². The Labute approximate surface area is 125 Å². The van der Waals surface area contributed by atoms with Crippen molar-refractivity contribution in [3.05, 3.63) is 34.9 Å². The van der Waals surface area contributed by atoms with E-state index in [1.807, 2.05) is 6.07 Å². The molecule has 0 bridgehead atoms. The molecule has 0 aliphatic carbocycles. The zero-order chi connectivity index (χ0) is 14.6. The fraction of sp³-hybridized carbons (Fsp3) is 0.538. The number of nitrogens with zero attached hydrogens (tertiary/aromatic N) is 1. The lowest BCUT2D eigenvalue weighted by Crippen LogP contribution is -2.47. The first-order valence-corrected chi connectivity index (χ1v) is 8.52. The molecule has 112 valence electrons. The van der Waals surface area contributed by atoms with Crippen LogP contribution in [0, 0.1) is 5.92 Å². The van der Waals surface area contributed by atoms with Gasteiger partial charge in [0.2, 0.25) is 0 Å². The second kappa shape index (κ2) is 6.87. The Morgan fingerprint density at radius 3 is 2.95 bits per heavy atom. The van der Waals surface area contributed by atoms with Crippen LogP contribution < -0.4 is 10.5 Å². The minimum atomic E-state index is -3.45. The fourth-order valence-corrected chi connectivity index (χ4v) is 3.87. The zero-order valence-electron chi connectivity index (χ0n) is 11.3. The Hall–Kier alpha value is -0.660. The van der Waals surface area contributed by atoms with Gasteiger partial charge in [-0.1, -0.05) is 23.7 Å². The van der Waals surface area contributed by atoms with Crippen molar-refractivity contribution in [2.24, 2.45) is 11.7 Å². The molecule has 0 aromatic heterocycles. The van der Waals surface area contributed by atoms with Crippen LogP contribution in [0.5, 0.6) is 0 Å². The van der Waals surface area contributed by atoms with Gasteiger partial charge < -0.3 is 5.73 Å². The van der Waals surface area contributed by atoms with Crippen LogP contribution in [-0.2, 0) is 16.8 Å². The first kappa shape index (κ1) is 15.7. The van der Waals surface area contributed by atoms with Gasteiger partial charge in [-0.05, 0) is 43.0 Å². The van der Waals surface area contributed by atoms with Gasteiger partial charge >= 0.3 is 0 Å². The maximum Gasteiger partial charge on any atom is 0.279 e. The van der Waals surface area contributed by atoms with E-state index in [-0.39, 0.29) is 12.5 Å². The average Bonchev–Trinajstić information content (AvgIpc) is 2.45. The minimum Gasteiger partial charge on any atom is -0.330 e. The predicted molar refractivity (Wildman–Crippen MR) is 80.6 cm³/mol. The summed E-state index contributed by atoms with van der Waals surface area (Å²) in [5.41, 5.74) is 6.48. The van der Waals surface area contributed by atoms with Crippen LogP contribution in [0.4, 0.5) is 0 Å². The van der Waals surface area contributed by atoms with Crippen molar-refractivity contribution in [2.75, 3.05) is 19.6 Å². The van der Waals surface area contributed by atoms with Gasteiger partial charge in [-0.15, -0.1) is 0 Å². The molecule has 7 heteroatoms. The summed E-state index contributed by atoms with van der Waals surface area (Å²) in [6.07, 6.45) is 1.86. The van der Waals surface area contributed by atoms with Crippen molar-refractivity contribution in [1.29, 1.82) is 0 Å². The average molecular weight is 318 g/mol. The molecule has 5 nitrogen and oxygen atoms in total. The maximum atomic E-state index is 12.2. The van der Waals surface area contributed by atoms with E-state index in [1.54, 1.807) is 18.2 Å². The summed E-state index contributed by atoms with van der Waals surface area (Å²) in [6.45, 7) is 1.83. The van der Waals surface area contributed by atoms with E-state index >= 15 is 0 Å². The molecule has 0 spiro atoms.